The molecule has 1 heterocycles. The van der Waals surface area contributed by atoms with Crippen molar-refractivity contribution in [1.29, 1.82) is 0 Å². The molecule has 0 spiro atoms. The van der Waals surface area contributed by atoms with Gasteiger partial charge in [-0.1, -0.05) is 17.9 Å². The van der Waals surface area contributed by atoms with Gasteiger partial charge in [0.05, 0.1) is 12.7 Å². The van der Waals surface area contributed by atoms with Gasteiger partial charge in [0, 0.05) is 18.2 Å². The third kappa shape index (κ3) is 2.64. The maximum atomic E-state index is 11.6. The summed E-state index contributed by atoms with van der Waals surface area (Å²) in [5.41, 5.74) is 1.97. The average Bonchev–Trinajstić information content (AvgIpc) is 2.66. The number of aromatic hydroxyl groups is 1. The van der Waals surface area contributed by atoms with E-state index in [1.807, 2.05) is 6.92 Å². The standard InChI is InChI=1S/C15H14N2O3/c1-11-8-12(10-18)5-6-13(11)4-3-7-17-14(19)9-16(2)15(17)20/h5-6,8-10,19H,7H2,1-2H3. The van der Waals surface area contributed by atoms with Crippen molar-refractivity contribution in [2.24, 2.45) is 7.05 Å². The van der Waals surface area contributed by atoms with Crippen LogP contribution in [0.2, 0.25) is 0 Å². The Morgan fingerprint density at radius 2 is 2.15 bits per heavy atom. The predicted molar refractivity (Wildman–Crippen MR) is 74.8 cm³/mol. The van der Waals surface area contributed by atoms with E-state index in [-0.39, 0.29) is 18.1 Å². The zero-order valence-corrected chi connectivity index (χ0v) is 11.3. The van der Waals surface area contributed by atoms with Crippen LogP contribution in [0.4, 0.5) is 0 Å². The van der Waals surface area contributed by atoms with Crippen LogP contribution in [-0.2, 0) is 13.6 Å². The number of aryl methyl sites for hydroxylation is 2. The molecule has 0 radical (unpaired) electrons. The second-order valence-corrected chi connectivity index (χ2v) is 4.46. The van der Waals surface area contributed by atoms with Crippen LogP contribution in [-0.4, -0.2) is 20.5 Å². The molecule has 0 saturated heterocycles. The summed E-state index contributed by atoms with van der Waals surface area (Å²) in [7, 11) is 1.56. The fourth-order valence-electron chi connectivity index (χ4n) is 1.85. The Morgan fingerprint density at radius 1 is 1.40 bits per heavy atom. The third-order valence-corrected chi connectivity index (χ3v) is 2.97. The largest absolute Gasteiger partial charge is 0.493 e. The van der Waals surface area contributed by atoms with E-state index in [0.717, 1.165) is 17.4 Å². The Labute approximate surface area is 116 Å². The molecule has 0 aliphatic carbocycles. The molecule has 102 valence electrons. The molecule has 5 nitrogen and oxygen atoms in total. The summed E-state index contributed by atoms with van der Waals surface area (Å²) in [5.74, 6) is 5.66. The van der Waals surface area contributed by atoms with E-state index in [1.165, 1.54) is 15.3 Å². The minimum atomic E-state index is -0.315. The molecular weight excluding hydrogens is 256 g/mol. The van der Waals surface area contributed by atoms with E-state index in [4.69, 9.17) is 0 Å². The third-order valence-electron chi connectivity index (χ3n) is 2.97. The second kappa shape index (κ2) is 5.49. The van der Waals surface area contributed by atoms with E-state index < -0.39 is 0 Å². The first-order valence-electron chi connectivity index (χ1n) is 6.02. The molecule has 0 fully saturated rings. The average molecular weight is 270 g/mol. The Bertz CT molecular complexity index is 773. The minimum Gasteiger partial charge on any atom is -0.493 e. The maximum Gasteiger partial charge on any atom is 0.331 e. The smallest absolute Gasteiger partial charge is 0.331 e. The molecule has 0 bridgehead atoms. The molecule has 0 atom stereocenters. The summed E-state index contributed by atoms with van der Waals surface area (Å²) in [6, 6.07) is 5.21. The number of hydrogen-bond acceptors (Lipinski definition) is 3. The fraction of sp³-hybridized carbons (Fsp3) is 0.200. The van der Waals surface area contributed by atoms with Gasteiger partial charge in [0.1, 0.15) is 6.29 Å². The zero-order chi connectivity index (χ0) is 14.7. The van der Waals surface area contributed by atoms with E-state index in [1.54, 1.807) is 25.2 Å². The minimum absolute atomic E-state index is 0.111. The van der Waals surface area contributed by atoms with Gasteiger partial charge in [-0.05, 0) is 24.6 Å². The molecule has 2 aromatic rings. The molecular formula is C15H14N2O3. The van der Waals surface area contributed by atoms with Gasteiger partial charge in [-0.25, -0.2) is 4.79 Å². The number of aldehydes is 1. The lowest BCUT2D eigenvalue weighted by Gasteiger charge is -1.99. The van der Waals surface area contributed by atoms with Gasteiger partial charge in [-0.15, -0.1) is 0 Å². The lowest BCUT2D eigenvalue weighted by molar-refractivity contribution is 0.112. The van der Waals surface area contributed by atoms with Gasteiger partial charge in [-0.2, -0.15) is 0 Å². The lowest BCUT2D eigenvalue weighted by Crippen LogP contribution is -2.21. The molecule has 1 aromatic carbocycles. The van der Waals surface area contributed by atoms with E-state index >= 15 is 0 Å². The van der Waals surface area contributed by atoms with E-state index in [0.29, 0.717) is 5.56 Å². The Kier molecular flexibility index (Phi) is 3.76. The highest BCUT2D eigenvalue weighted by Gasteiger charge is 2.05. The van der Waals surface area contributed by atoms with Gasteiger partial charge in [0.2, 0.25) is 5.88 Å². The molecule has 1 N–H and O–H groups in total. The first-order valence-corrected chi connectivity index (χ1v) is 6.02. The zero-order valence-electron chi connectivity index (χ0n) is 11.3. The molecule has 5 heteroatoms. The highest BCUT2D eigenvalue weighted by molar-refractivity contribution is 5.75. The highest BCUT2D eigenvalue weighted by atomic mass is 16.3. The number of imidazole rings is 1. The van der Waals surface area contributed by atoms with Crippen LogP contribution in [0.15, 0.2) is 29.2 Å². The number of benzene rings is 1. The van der Waals surface area contributed by atoms with Crippen molar-refractivity contribution >= 4 is 6.29 Å². The van der Waals surface area contributed by atoms with Crippen molar-refractivity contribution in [1.82, 2.24) is 9.13 Å². The van der Waals surface area contributed by atoms with Gasteiger partial charge in [-0.3, -0.25) is 13.9 Å². The summed E-state index contributed by atoms with van der Waals surface area (Å²) in [6.07, 6.45) is 2.12. The van der Waals surface area contributed by atoms with E-state index in [2.05, 4.69) is 11.8 Å². The second-order valence-electron chi connectivity index (χ2n) is 4.46. The number of nitrogens with zero attached hydrogens (tertiary/aromatic N) is 2. The van der Waals surface area contributed by atoms with Crippen LogP contribution in [0.1, 0.15) is 21.5 Å². The van der Waals surface area contributed by atoms with Crippen molar-refractivity contribution in [2.45, 2.75) is 13.5 Å². The molecule has 20 heavy (non-hydrogen) atoms. The SMILES string of the molecule is Cc1cc(C=O)ccc1C#CCn1c(O)cn(C)c1=O. The van der Waals surface area contributed by atoms with Crippen LogP contribution < -0.4 is 5.69 Å². The van der Waals surface area contributed by atoms with Crippen molar-refractivity contribution in [3.8, 4) is 17.7 Å². The van der Waals surface area contributed by atoms with Crippen molar-refractivity contribution < 1.29 is 9.90 Å². The first kappa shape index (κ1) is 13.7. The van der Waals surface area contributed by atoms with Crippen LogP contribution in [0, 0.1) is 18.8 Å². The van der Waals surface area contributed by atoms with Crippen LogP contribution in [0.3, 0.4) is 0 Å². The topological polar surface area (TPSA) is 64.2 Å². The molecule has 0 unspecified atom stereocenters. The van der Waals surface area contributed by atoms with Gasteiger partial charge >= 0.3 is 5.69 Å². The monoisotopic (exact) mass is 270 g/mol. The summed E-state index contributed by atoms with van der Waals surface area (Å²) < 4.78 is 2.48. The van der Waals surface area contributed by atoms with Crippen molar-refractivity contribution in [3.63, 3.8) is 0 Å². The molecule has 0 aliphatic heterocycles. The summed E-state index contributed by atoms with van der Waals surface area (Å²) in [6.45, 7) is 1.98. The van der Waals surface area contributed by atoms with Crippen molar-refractivity contribution in [3.05, 3.63) is 51.6 Å². The molecule has 0 aliphatic rings. The van der Waals surface area contributed by atoms with E-state index in [9.17, 15) is 14.7 Å². The number of rotatable bonds is 2. The number of carbonyl (C=O) groups excluding carboxylic acids is 1. The lowest BCUT2D eigenvalue weighted by atomic mass is 10.1. The number of hydrogen-bond donors (Lipinski definition) is 1. The number of aromatic nitrogens is 2. The molecule has 2 rings (SSSR count). The molecule has 1 aromatic heterocycles. The van der Waals surface area contributed by atoms with Gasteiger partial charge in [0.25, 0.3) is 0 Å². The Morgan fingerprint density at radius 3 is 2.70 bits per heavy atom. The normalized spacial score (nSPS) is 9.90. The molecule has 0 amide bonds. The number of carbonyl (C=O) groups is 1. The quantitative estimate of drug-likeness (QED) is 0.655. The predicted octanol–water partition coefficient (Wildman–Crippen LogP) is 1.07. The first-order chi connectivity index (χ1) is 9.52. The summed E-state index contributed by atoms with van der Waals surface area (Å²) in [4.78, 5) is 22.3. The van der Waals surface area contributed by atoms with Gasteiger partial charge in [0.15, 0.2) is 0 Å². The van der Waals surface area contributed by atoms with Crippen molar-refractivity contribution in [2.75, 3.05) is 0 Å². The van der Waals surface area contributed by atoms with Crippen LogP contribution in [0.25, 0.3) is 0 Å². The fourth-order valence-corrected chi connectivity index (χ4v) is 1.85. The maximum absolute atomic E-state index is 11.6. The summed E-state index contributed by atoms with van der Waals surface area (Å²) in [5, 5.41) is 9.57. The molecule has 0 saturated carbocycles. The van der Waals surface area contributed by atoms with Gasteiger partial charge < -0.3 is 5.11 Å². The summed E-state index contributed by atoms with van der Waals surface area (Å²) >= 11 is 0. The highest BCUT2D eigenvalue weighted by Crippen LogP contribution is 2.09. The Balaban J connectivity index is 2.24. The Hall–Kier alpha value is -2.74. The van der Waals surface area contributed by atoms with Crippen LogP contribution >= 0.6 is 0 Å². The van der Waals surface area contributed by atoms with Crippen LogP contribution in [0.5, 0.6) is 5.88 Å².